The van der Waals surface area contributed by atoms with Crippen molar-refractivity contribution in [3.63, 3.8) is 0 Å². The van der Waals surface area contributed by atoms with Gasteiger partial charge < -0.3 is 4.57 Å². The second-order valence-electron chi connectivity index (χ2n) is 15.9. The lowest BCUT2D eigenvalue weighted by Gasteiger charge is -2.39. The summed E-state index contributed by atoms with van der Waals surface area (Å²) < 4.78 is 4.95. The van der Waals surface area contributed by atoms with Gasteiger partial charge in [-0.15, -0.1) is 21.5 Å². The van der Waals surface area contributed by atoms with E-state index in [2.05, 4.69) is 181 Å². The molecule has 0 fully saturated rings. The normalized spacial score (nSPS) is 18.0. The highest BCUT2D eigenvalue weighted by Crippen LogP contribution is 2.62. The Balaban J connectivity index is 1.11. The number of thiophene rings is 1. The molecule has 0 saturated heterocycles. The molecule has 7 aromatic carbocycles. The quantitative estimate of drug-likeness (QED) is 0.180. The maximum absolute atomic E-state index is 5.57. The molecule has 0 radical (unpaired) electrons. The first-order chi connectivity index (χ1) is 28.8. The molecule has 2 atom stereocenters. The van der Waals surface area contributed by atoms with E-state index >= 15 is 0 Å². The number of benzene rings is 7. The van der Waals surface area contributed by atoms with Gasteiger partial charge in [-0.1, -0.05) is 152 Å². The Bertz CT molecular complexity index is 3600. The van der Waals surface area contributed by atoms with E-state index in [1.54, 1.807) is 0 Å². The van der Waals surface area contributed by atoms with Crippen LogP contribution >= 0.6 is 11.3 Å². The number of nitrogens with zero attached hydrogens (tertiary/aromatic N) is 4. The van der Waals surface area contributed by atoms with Gasteiger partial charge in [0.25, 0.3) is 0 Å². The van der Waals surface area contributed by atoms with Gasteiger partial charge in [0.1, 0.15) is 11.4 Å². The van der Waals surface area contributed by atoms with E-state index in [0.717, 1.165) is 28.1 Å². The summed E-state index contributed by atoms with van der Waals surface area (Å²) in [6.45, 7) is 0. The summed E-state index contributed by atoms with van der Waals surface area (Å²) in [6.07, 6.45) is 8.89. The number of hydrogen-bond donors (Lipinski definition) is 0. The molecule has 14 rings (SSSR count). The molecule has 5 heteroatoms. The molecule has 3 aliphatic carbocycles. The third-order valence-electron chi connectivity index (χ3n) is 13.0. The number of hydrogen-bond acceptors (Lipinski definition) is 4. The lowest BCUT2D eigenvalue weighted by Crippen LogP contribution is -2.33. The van der Waals surface area contributed by atoms with E-state index in [1.165, 1.54) is 86.6 Å². The van der Waals surface area contributed by atoms with Crippen molar-refractivity contribution in [3.8, 4) is 39.3 Å². The van der Waals surface area contributed by atoms with E-state index < -0.39 is 5.41 Å². The van der Waals surface area contributed by atoms with Gasteiger partial charge in [-0.05, 0) is 63.2 Å². The molecule has 1 spiro atoms. The predicted octanol–water partition coefficient (Wildman–Crippen LogP) is 12.9. The summed E-state index contributed by atoms with van der Waals surface area (Å²) in [5.74, 6) is 1.08. The van der Waals surface area contributed by atoms with Gasteiger partial charge in [-0.25, -0.2) is 4.98 Å². The summed E-state index contributed by atoms with van der Waals surface area (Å²) in [5.41, 5.74) is 16.7. The molecule has 4 aliphatic rings. The average molecular weight is 755 g/mol. The van der Waals surface area contributed by atoms with Gasteiger partial charge in [-0.3, -0.25) is 0 Å². The van der Waals surface area contributed by atoms with Crippen LogP contribution in [0.2, 0.25) is 0 Å². The Morgan fingerprint density at radius 1 is 0.552 bits per heavy atom. The van der Waals surface area contributed by atoms with E-state index in [0.29, 0.717) is 11.7 Å². The first kappa shape index (κ1) is 30.9. The molecular formula is C53H30N4S. The fraction of sp³-hybridized carbons (Fsp3) is 0.0377. The van der Waals surface area contributed by atoms with E-state index in [4.69, 9.17) is 15.2 Å². The van der Waals surface area contributed by atoms with Crippen molar-refractivity contribution >= 4 is 58.9 Å². The second kappa shape index (κ2) is 11.0. The molecule has 4 heterocycles. The minimum atomic E-state index is -0.570. The molecule has 3 aromatic heterocycles. The monoisotopic (exact) mass is 754 g/mol. The van der Waals surface area contributed by atoms with Crippen LogP contribution in [-0.2, 0) is 5.41 Å². The molecular weight excluding hydrogens is 725 g/mol. The van der Waals surface area contributed by atoms with Crippen LogP contribution in [0.15, 0.2) is 182 Å². The fourth-order valence-corrected chi connectivity index (χ4v) is 11.8. The van der Waals surface area contributed by atoms with Crippen molar-refractivity contribution in [1.29, 1.82) is 0 Å². The zero-order chi connectivity index (χ0) is 37.7. The van der Waals surface area contributed by atoms with E-state index in [-0.39, 0.29) is 0 Å². The second-order valence-corrected chi connectivity index (χ2v) is 16.9. The van der Waals surface area contributed by atoms with Gasteiger partial charge in [0.2, 0.25) is 0 Å². The molecule has 0 bridgehead atoms. The highest BCUT2D eigenvalue weighted by molar-refractivity contribution is 7.26. The standard InChI is InChI=1S/C53H30N4S/c1-4-19-40-37(14-1)47-38(17-11-21-42(47)53(40)41-20-5-7-24-45(41)57-44-23-6-2-12-33(44)35-15-10-22-43(53)50(35)57)48-49(55-56-52(54-48)31-27-26-30-28-32(30)29-31)39-18-9-16-36-34-13-3-8-25-46(34)58-51(36)39/h1-30H/t30-,53?/m1/s1. The highest BCUT2D eigenvalue weighted by atomic mass is 32.1. The lowest BCUT2D eigenvalue weighted by atomic mass is 9.65. The Morgan fingerprint density at radius 2 is 1.26 bits per heavy atom. The molecule has 1 unspecified atom stereocenters. The molecule has 1 aliphatic heterocycles. The Hall–Kier alpha value is -7.21. The van der Waals surface area contributed by atoms with Crippen LogP contribution in [0.25, 0.3) is 86.9 Å². The number of rotatable bonds is 3. The van der Waals surface area contributed by atoms with Crippen molar-refractivity contribution in [1.82, 2.24) is 19.7 Å². The van der Waals surface area contributed by atoms with Gasteiger partial charge in [0.15, 0.2) is 5.82 Å². The smallest absolute Gasteiger partial charge is 0.182 e. The molecule has 10 aromatic rings. The van der Waals surface area contributed by atoms with Crippen molar-refractivity contribution in [2.24, 2.45) is 5.92 Å². The molecule has 4 nitrogen and oxygen atoms in total. The largest absolute Gasteiger partial charge is 0.309 e. The third-order valence-corrected chi connectivity index (χ3v) is 14.2. The van der Waals surface area contributed by atoms with Gasteiger partial charge >= 0.3 is 0 Å². The van der Waals surface area contributed by atoms with Crippen LogP contribution in [0, 0.1) is 5.92 Å². The minimum Gasteiger partial charge on any atom is -0.309 e. The summed E-state index contributed by atoms with van der Waals surface area (Å²) in [4.78, 5) is 5.57. The molecule has 0 saturated carbocycles. The Kier molecular flexibility index (Phi) is 5.87. The predicted molar refractivity (Wildman–Crippen MR) is 237 cm³/mol. The minimum absolute atomic E-state index is 0.438. The number of allylic oxidation sites excluding steroid dienone is 6. The van der Waals surface area contributed by atoms with E-state index in [1.807, 2.05) is 11.3 Å². The number of aromatic nitrogens is 4. The first-order valence-corrected chi connectivity index (χ1v) is 20.7. The van der Waals surface area contributed by atoms with Crippen LogP contribution in [0.4, 0.5) is 0 Å². The molecule has 0 amide bonds. The maximum atomic E-state index is 5.57. The summed E-state index contributed by atoms with van der Waals surface area (Å²) in [7, 11) is 0. The van der Waals surface area contributed by atoms with Crippen LogP contribution in [0.5, 0.6) is 0 Å². The van der Waals surface area contributed by atoms with Crippen LogP contribution in [0.1, 0.15) is 28.1 Å². The third kappa shape index (κ3) is 3.82. The number of para-hydroxylation sites is 3. The Morgan fingerprint density at radius 3 is 2.21 bits per heavy atom. The average Bonchev–Trinajstić information content (AvgIpc) is 3.72. The lowest BCUT2D eigenvalue weighted by molar-refractivity contribution is 0.748. The van der Waals surface area contributed by atoms with Gasteiger partial charge in [0, 0.05) is 53.6 Å². The van der Waals surface area contributed by atoms with Crippen molar-refractivity contribution in [2.45, 2.75) is 5.41 Å². The SMILES string of the molecule is C1=C[C@@H]2C=C2C=C1c1nnc(-c2cccc3c2sc2ccccc23)c(-c2cccc3c2-c2ccccc2C32c3ccccc3-n3c4ccccc4c4cccc2c43)n1. The van der Waals surface area contributed by atoms with Crippen LogP contribution in [0.3, 0.4) is 0 Å². The first-order valence-electron chi connectivity index (χ1n) is 19.9. The summed E-state index contributed by atoms with van der Waals surface area (Å²) in [6, 6.07) is 56.0. The van der Waals surface area contributed by atoms with Crippen molar-refractivity contribution in [2.75, 3.05) is 0 Å². The topological polar surface area (TPSA) is 43.6 Å². The van der Waals surface area contributed by atoms with Gasteiger partial charge in [0.05, 0.1) is 22.1 Å². The summed E-state index contributed by atoms with van der Waals surface area (Å²) >= 11 is 1.81. The van der Waals surface area contributed by atoms with Gasteiger partial charge in [-0.2, -0.15) is 0 Å². The molecule has 268 valence electrons. The Labute approximate surface area is 337 Å². The van der Waals surface area contributed by atoms with Crippen LogP contribution in [-0.4, -0.2) is 19.7 Å². The van der Waals surface area contributed by atoms with Crippen LogP contribution < -0.4 is 0 Å². The van der Waals surface area contributed by atoms with E-state index in [9.17, 15) is 0 Å². The molecule has 0 N–H and O–H groups in total. The highest BCUT2D eigenvalue weighted by Gasteiger charge is 2.51. The zero-order valence-corrected chi connectivity index (χ0v) is 31.8. The number of fused-ring (bicyclic) bond motifs is 16. The summed E-state index contributed by atoms with van der Waals surface area (Å²) in [5, 5.41) is 15.1. The van der Waals surface area contributed by atoms with Crippen molar-refractivity contribution in [3.05, 3.63) is 210 Å². The van der Waals surface area contributed by atoms with Crippen molar-refractivity contribution < 1.29 is 0 Å². The zero-order valence-electron chi connectivity index (χ0n) is 31.0. The maximum Gasteiger partial charge on any atom is 0.182 e. The fourth-order valence-electron chi connectivity index (χ4n) is 10.6. The molecule has 58 heavy (non-hydrogen) atoms.